The molecule has 108 valence electrons. The fraction of sp³-hybridized carbons (Fsp3) is 0.467. The molecule has 0 heterocycles. The van der Waals surface area contributed by atoms with Gasteiger partial charge < -0.3 is 16.4 Å². The SMILES string of the molecule is NC(=O)NCCCC(=O)NC1CCCc2ccccc21. The summed E-state index contributed by atoms with van der Waals surface area (Å²) >= 11 is 0. The quantitative estimate of drug-likeness (QED) is 0.713. The zero-order chi connectivity index (χ0) is 14.4. The third-order valence-corrected chi connectivity index (χ3v) is 3.58. The number of nitrogens with one attached hydrogen (secondary N) is 2. The van der Waals surface area contributed by atoms with E-state index in [0.29, 0.717) is 19.4 Å². The molecule has 4 N–H and O–H groups in total. The first-order chi connectivity index (χ1) is 9.66. The fourth-order valence-electron chi connectivity index (χ4n) is 2.63. The van der Waals surface area contributed by atoms with Gasteiger partial charge in [-0.1, -0.05) is 24.3 Å². The summed E-state index contributed by atoms with van der Waals surface area (Å²) in [5.74, 6) is 0.0259. The molecule has 0 aliphatic heterocycles. The van der Waals surface area contributed by atoms with E-state index in [-0.39, 0.29) is 11.9 Å². The standard InChI is InChI=1S/C15H21N3O2/c16-15(20)17-10-4-9-14(19)18-13-8-3-6-11-5-1-2-7-12(11)13/h1-2,5,7,13H,3-4,6,8-10H2,(H,18,19)(H3,16,17,20). The highest BCUT2D eigenvalue weighted by molar-refractivity contribution is 5.76. The summed E-state index contributed by atoms with van der Waals surface area (Å²) in [6.07, 6.45) is 4.18. The van der Waals surface area contributed by atoms with Crippen molar-refractivity contribution in [2.75, 3.05) is 6.54 Å². The van der Waals surface area contributed by atoms with Gasteiger partial charge in [0.1, 0.15) is 0 Å². The molecule has 5 nitrogen and oxygen atoms in total. The molecule has 1 aliphatic rings. The van der Waals surface area contributed by atoms with Crippen molar-refractivity contribution in [3.63, 3.8) is 0 Å². The second-order valence-corrected chi connectivity index (χ2v) is 5.11. The molecule has 0 bridgehead atoms. The van der Waals surface area contributed by atoms with Gasteiger partial charge >= 0.3 is 6.03 Å². The van der Waals surface area contributed by atoms with Gasteiger partial charge in [0, 0.05) is 13.0 Å². The molecular formula is C15H21N3O2. The number of carbonyl (C=O) groups excluding carboxylic acids is 2. The third-order valence-electron chi connectivity index (χ3n) is 3.58. The molecular weight excluding hydrogens is 254 g/mol. The van der Waals surface area contributed by atoms with Crippen molar-refractivity contribution >= 4 is 11.9 Å². The van der Waals surface area contributed by atoms with Crippen molar-refractivity contribution in [1.82, 2.24) is 10.6 Å². The maximum absolute atomic E-state index is 11.9. The van der Waals surface area contributed by atoms with Crippen molar-refractivity contribution < 1.29 is 9.59 Å². The Hall–Kier alpha value is -2.04. The highest BCUT2D eigenvalue weighted by Gasteiger charge is 2.20. The van der Waals surface area contributed by atoms with Gasteiger partial charge in [0.15, 0.2) is 0 Å². The molecule has 0 spiro atoms. The highest BCUT2D eigenvalue weighted by atomic mass is 16.2. The zero-order valence-electron chi connectivity index (χ0n) is 11.5. The van der Waals surface area contributed by atoms with Crippen molar-refractivity contribution in [1.29, 1.82) is 0 Å². The molecule has 5 heteroatoms. The number of fused-ring (bicyclic) bond motifs is 1. The van der Waals surface area contributed by atoms with Crippen LogP contribution in [0.4, 0.5) is 4.79 Å². The largest absolute Gasteiger partial charge is 0.352 e. The first-order valence-corrected chi connectivity index (χ1v) is 7.07. The van der Waals surface area contributed by atoms with Gasteiger partial charge in [-0.05, 0) is 36.8 Å². The van der Waals surface area contributed by atoms with Crippen LogP contribution in [0.25, 0.3) is 0 Å². The van der Waals surface area contributed by atoms with E-state index in [2.05, 4.69) is 22.8 Å². The Kier molecular flexibility index (Phi) is 4.98. The van der Waals surface area contributed by atoms with E-state index in [0.717, 1.165) is 19.3 Å². The van der Waals surface area contributed by atoms with Gasteiger partial charge in [0.25, 0.3) is 0 Å². The van der Waals surface area contributed by atoms with Crippen LogP contribution in [0.3, 0.4) is 0 Å². The summed E-state index contributed by atoms with van der Waals surface area (Å²) in [5, 5.41) is 5.56. The normalized spacial score (nSPS) is 17.1. The predicted molar refractivity (Wildman–Crippen MR) is 77.1 cm³/mol. The molecule has 3 amide bonds. The third kappa shape index (κ3) is 3.98. The summed E-state index contributed by atoms with van der Waals surface area (Å²) < 4.78 is 0. The van der Waals surface area contributed by atoms with Gasteiger partial charge in [-0.3, -0.25) is 4.79 Å². The second kappa shape index (κ2) is 6.93. The lowest BCUT2D eigenvalue weighted by molar-refractivity contribution is -0.122. The van der Waals surface area contributed by atoms with E-state index in [4.69, 9.17) is 5.73 Å². The average Bonchev–Trinajstić information content (AvgIpc) is 2.44. The molecule has 1 aliphatic carbocycles. The molecule has 0 saturated heterocycles. The highest BCUT2D eigenvalue weighted by Crippen LogP contribution is 2.29. The van der Waals surface area contributed by atoms with E-state index in [1.54, 1.807) is 0 Å². The zero-order valence-corrected chi connectivity index (χ0v) is 11.5. The first kappa shape index (κ1) is 14.4. The van der Waals surface area contributed by atoms with E-state index in [9.17, 15) is 9.59 Å². The Bertz CT molecular complexity index is 488. The summed E-state index contributed by atoms with van der Waals surface area (Å²) in [6.45, 7) is 0.435. The lowest BCUT2D eigenvalue weighted by Gasteiger charge is -2.26. The monoisotopic (exact) mass is 275 g/mol. The molecule has 0 radical (unpaired) electrons. The Morgan fingerprint density at radius 3 is 2.90 bits per heavy atom. The molecule has 20 heavy (non-hydrogen) atoms. The van der Waals surface area contributed by atoms with E-state index in [1.165, 1.54) is 11.1 Å². The van der Waals surface area contributed by atoms with E-state index < -0.39 is 6.03 Å². The maximum Gasteiger partial charge on any atom is 0.312 e. The Labute approximate surface area is 118 Å². The summed E-state index contributed by atoms with van der Waals surface area (Å²) in [6, 6.07) is 7.85. The minimum absolute atomic E-state index is 0.0259. The van der Waals surface area contributed by atoms with Crippen LogP contribution in [0.5, 0.6) is 0 Å². The van der Waals surface area contributed by atoms with Gasteiger partial charge in [0.05, 0.1) is 6.04 Å². The number of nitrogens with two attached hydrogens (primary N) is 1. The smallest absolute Gasteiger partial charge is 0.312 e. The van der Waals surface area contributed by atoms with E-state index in [1.807, 2.05) is 12.1 Å². The van der Waals surface area contributed by atoms with Crippen LogP contribution in [0.2, 0.25) is 0 Å². The van der Waals surface area contributed by atoms with Crippen LogP contribution in [-0.4, -0.2) is 18.5 Å². The Morgan fingerprint density at radius 2 is 2.10 bits per heavy atom. The molecule has 1 atom stereocenters. The first-order valence-electron chi connectivity index (χ1n) is 7.07. The second-order valence-electron chi connectivity index (χ2n) is 5.11. The number of hydrogen-bond donors (Lipinski definition) is 3. The molecule has 1 aromatic carbocycles. The Balaban J connectivity index is 1.82. The van der Waals surface area contributed by atoms with Gasteiger partial charge in [-0.2, -0.15) is 0 Å². The van der Waals surface area contributed by atoms with Gasteiger partial charge in [0.2, 0.25) is 5.91 Å². The number of benzene rings is 1. The molecule has 1 aromatic rings. The van der Waals surface area contributed by atoms with Crippen LogP contribution in [0.15, 0.2) is 24.3 Å². The number of rotatable bonds is 5. The summed E-state index contributed by atoms with van der Waals surface area (Å²) in [4.78, 5) is 22.4. The summed E-state index contributed by atoms with van der Waals surface area (Å²) in [5.41, 5.74) is 7.53. The fourth-order valence-corrected chi connectivity index (χ4v) is 2.63. The van der Waals surface area contributed by atoms with Crippen LogP contribution in [-0.2, 0) is 11.2 Å². The molecule has 0 fully saturated rings. The number of primary amides is 1. The van der Waals surface area contributed by atoms with Crippen LogP contribution < -0.4 is 16.4 Å². The minimum Gasteiger partial charge on any atom is -0.352 e. The average molecular weight is 275 g/mol. The number of aryl methyl sites for hydroxylation is 1. The molecule has 2 rings (SSSR count). The van der Waals surface area contributed by atoms with Crippen LogP contribution >= 0.6 is 0 Å². The molecule has 1 unspecified atom stereocenters. The topological polar surface area (TPSA) is 84.2 Å². The lowest BCUT2D eigenvalue weighted by atomic mass is 9.87. The van der Waals surface area contributed by atoms with Gasteiger partial charge in [-0.15, -0.1) is 0 Å². The lowest BCUT2D eigenvalue weighted by Crippen LogP contribution is -2.33. The van der Waals surface area contributed by atoms with Crippen molar-refractivity contribution in [3.8, 4) is 0 Å². The molecule has 0 saturated carbocycles. The molecule has 0 aromatic heterocycles. The van der Waals surface area contributed by atoms with Crippen molar-refractivity contribution in [2.45, 2.75) is 38.1 Å². The predicted octanol–water partition coefficient (Wildman–Crippen LogP) is 1.63. The summed E-state index contributed by atoms with van der Waals surface area (Å²) in [7, 11) is 0. The van der Waals surface area contributed by atoms with Gasteiger partial charge in [-0.25, -0.2) is 4.79 Å². The van der Waals surface area contributed by atoms with Crippen LogP contribution in [0, 0.1) is 0 Å². The van der Waals surface area contributed by atoms with Crippen molar-refractivity contribution in [3.05, 3.63) is 35.4 Å². The number of amides is 3. The van der Waals surface area contributed by atoms with Crippen molar-refractivity contribution in [2.24, 2.45) is 5.73 Å². The maximum atomic E-state index is 11.9. The van der Waals surface area contributed by atoms with Crippen LogP contribution in [0.1, 0.15) is 42.9 Å². The number of urea groups is 1. The van der Waals surface area contributed by atoms with E-state index >= 15 is 0 Å². The number of carbonyl (C=O) groups is 2. The minimum atomic E-state index is -0.549. The Morgan fingerprint density at radius 1 is 1.30 bits per heavy atom. The number of hydrogen-bond acceptors (Lipinski definition) is 2.